The van der Waals surface area contributed by atoms with Gasteiger partial charge in [0.2, 0.25) is 5.91 Å². The Labute approximate surface area is 112 Å². The first-order chi connectivity index (χ1) is 9.11. The number of rotatable bonds is 8. The fraction of sp³-hybridized carbons (Fsp3) is 0.429. The Morgan fingerprint density at radius 1 is 1.21 bits per heavy atom. The van der Waals surface area contributed by atoms with Gasteiger partial charge in [-0.25, -0.2) is 0 Å². The summed E-state index contributed by atoms with van der Waals surface area (Å²) in [6.07, 6.45) is 0.938. The first-order valence-corrected chi connectivity index (χ1v) is 6.32. The lowest BCUT2D eigenvalue weighted by atomic mass is 10.1. The van der Waals surface area contributed by atoms with E-state index in [0.717, 1.165) is 11.3 Å². The molecule has 0 bridgehead atoms. The van der Waals surface area contributed by atoms with Gasteiger partial charge in [0.15, 0.2) is 0 Å². The lowest BCUT2D eigenvalue weighted by Gasteiger charge is -2.05. The molecule has 1 aromatic carbocycles. The predicted octanol–water partition coefficient (Wildman–Crippen LogP) is 1.61. The van der Waals surface area contributed by atoms with Crippen molar-refractivity contribution in [2.45, 2.75) is 26.2 Å². The third kappa shape index (κ3) is 6.45. The molecule has 1 aromatic rings. The predicted molar refractivity (Wildman–Crippen MR) is 71.2 cm³/mol. The second-order valence-corrected chi connectivity index (χ2v) is 4.07. The van der Waals surface area contributed by atoms with Gasteiger partial charge in [-0.15, -0.1) is 0 Å². The van der Waals surface area contributed by atoms with E-state index in [1.807, 2.05) is 31.2 Å². The Kier molecular flexibility index (Phi) is 6.43. The summed E-state index contributed by atoms with van der Waals surface area (Å²) in [5, 5.41) is 11.0. The summed E-state index contributed by atoms with van der Waals surface area (Å²) < 4.78 is 5.33. The topological polar surface area (TPSA) is 75.6 Å². The molecule has 0 heterocycles. The van der Waals surface area contributed by atoms with Crippen LogP contribution < -0.4 is 10.1 Å². The number of hydrogen-bond acceptors (Lipinski definition) is 3. The highest BCUT2D eigenvalue weighted by atomic mass is 16.5. The molecule has 0 saturated carbocycles. The van der Waals surface area contributed by atoms with Crippen molar-refractivity contribution in [3.63, 3.8) is 0 Å². The number of aryl methyl sites for hydroxylation is 1. The molecule has 0 aliphatic heterocycles. The van der Waals surface area contributed by atoms with Crippen molar-refractivity contribution in [3.05, 3.63) is 29.8 Å². The molecule has 0 atom stereocenters. The summed E-state index contributed by atoms with van der Waals surface area (Å²) in [6, 6.07) is 7.60. The average molecular weight is 265 g/mol. The molecule has 0 aromatic heterocycles. The number of carboxylic acid groups (broad SMARTS) is 1. The van der Waals surface area contributed by atoms with E-state index in [4.69, 9.17) is 9.84 Å². The first kappa shape index (κ1) is 15.0. The van der Waals surface area contributed by atoms with E-state index in [2.05, 4.69) is 5.32 Å². The second-order valence-electron chi connectivity index (χ2n) is 4.07. The van der Waals surface area contributed by atoms with Gasteiger partial charge in [-0.3, -0.25) is 9.59 Å². The van der Waals surface area contributed by atoms with E-state index in [1.54, 1.807) is 0 Å². The number of aliphatic carboxylic acids is 1. The van der Waals surface area contributed by atoms with Crippen LogP contribution in [0.3, 0.4) is 0 Å². The highest BCUT2D eigenvalue weighted by Crippen LogP contribution is 2.13. The molecule has 0 unspecified atom stereocenters. The fourth-order valence-electron chi connectivity index (χ4n) is 1.57. The molecule has 19 heavy (non-hydrogen) atoms. The third-order valence-electron chi connectivity index (χ3n) is 2.54. The van der Waals surface area contributed by atoms with Gasteiger partial charge in [0, 0.05) is 13.0 Å². The molecule has 5 heteroatoms. The summed E-state index contributed by atoms with van der Waals surface area (Å²) >= 11 is 0. The minimum Gasteiger partial charge on any atom is -0.494 e. The van der Waals surface area contributed by atoms with Crippen molar-refractivity contribution in [1.29, 1.82) is 0 Å². The number of nitrogens with one attached hydrogen (secondary N) is 1. The molecule has 104 valence electrons. The van der Waals surface area contributed by atoms with Gasteiger partial charge < -0.3 is 15.2 Å². The average Bonchev–Trinajstić information content (AvgIpc) is 2.38. The van der Waals surface area contributed by atoms with Gasteiger partial charge in [-0.2, -0.15) is 0 Å². The molecule has 0 saturated heterocycles. The number of carbonyl (C=O) groups excluding carboxylic acids is 1. The highest BCUT2D eigenvalue weighted by molar-refractivity contribution is 5.77. The van der Waals surface area contributed by atoms with Crippen molar-refractivity contribution >= 4 is 11.9 Å². The largest absolute Gasteiger partial charge is 0.494 e. The second kappa shape index (κ2) is 8.13. The standard InChI is InChI=1S/C14H19NO4/c1-2-19-12-6-3-11(4-7-12)5-8-13(16)15-10-9-14(17)18/h3-4,6-7H,2,5,8-10H2,1H3,(H,15,16)(H,17,18). The zero-order chi connectivity index (χ0) is 14.1. The maximum absolute atomic E-state index is 11.4. The van der Waals surface area contributed by atoms with Crippen LogP contribution in [0.5, 0.6) is 5.75 Å². The van der Waals surface area contributed by atoms with Crippen LogP contribution in [0.4, 0.5) is 0 Å². The Morgan fingerprint density at radius 3 is 2.47 bits per heavy atom. The molecule has 2 N–H and O–H groups in total. The molecule has 1 amide bonds. The maximum atomic E-state index is 11.4. The maximum Gasteiger partial charge on any atom is 0.305 e. The Hall–Kier alpha value is -2.04. The van der Waals surface area contributed by atoms with Crippen molar-refractivity contribution in [2.24, 2.45) is 0 Å². The van der Waals surface area contributed by atoms with Crippen LogP contribution in [-0.4, -0.2) is 30.1 Å². The van der Waals surface area contributed by atoms with Crippen LogP contribution in [0, 0.1) is 0 Å². The van der Waals surface area contributed by atoms with Crippen molar-refractivity contribution < 1.29 is 19.4 Å². The van der Waals surface area contributed by atoms with E-state index in [0.29, 0.717) is 19.4 Å². The number of amides is 1. The molecule has 1 rings (SSSR count). The molecule has 0 aliphatic rings. The van der Waals surface area contributed by atoms with Crippen LogP contribution >= 0.6 is 0 Å². The van der Waals surface area contributed by atoms with Crippen LogP contribution in [0.15, 0.2) is 24.3 Å². The lowest BCUT2D eigenvalue weighted by molar-refractivity contribution is -0.136. The highest BCUT2D eigenvalue weighted by Gasteiger charge is 2.03. The molecular formula is C14H19NO4. The minimum absolute atomic E-state index is 0.0468. The molecule has 0 aliphatic carbocycles. The van der Waals surface area contributed by atoms with Crippen molar-refractivity contribution in [2.75, 3.05) is 13.2 Å². The first-order valence-electron chi connectivity index (χ1n) is 6.32. The van der Waals surface area contributed by atoms with Gasteiger partial charge >= 0.3 is 5.97 Å². The Balaban J connectivity index is 2.27. The lowest BCUT2D eigenvalue weighted by Crippen LogP contribution is -2.26. The molecule has 0 radical (unpaired) electrons. The monoisotopic (exact) mass is 265 g/mol. The van der Waals surface area contributed by atoms with Gasteiger partial charge in [-0.05, 0) is 31.0 Å². The minimum atomic E-state index is -0.910. The quantitative estimate of drug-likeness (QED) is 0.748. The molecule has 0 spiro atoms. The summed E-state index contributed by atoms with van der Waals surface area (Å²) in [7, 11) is 0. The van der Waals surface area contributed by atoms with E-state index >= 15 is 0 Å². The van der Waals surface area contributed by atoms with Gasteiger partial charge in [0.1, 0.15) is 5.75 Å². The number of carboxylic acids is 1. The van der Waals surface area contributed by atoms with Gasteiger partial charge in [0.05, 0.1) is 13.0 Å². The van der Waals surface area contributed by atoms with Crippen LogP contribution in [-0.2, 0) is 16.0 Å². The number of hydrogen-bond donors (Lipinski definition) is 2. The van der Waals surface area contributed by atoms with Crippen molar-refractivity contribution in [3.8, 4) is 5.75 Å². The smallest absolute Gasteiger partial charge is 0.305 e. The van der Waals surface area contributed by atoms with E-state index < -0.39 is 5.97 Å². The Bertz CT molecular complexity index is 414. The number of ether oxygens (including phenoxy) is 1. The third-order valence-corrected chi connectivity index (χ3v) is 2.54. The van der Waals surface area contributed by atoms with Gasteiger partial charge in [-0.1, -0.05) is 12.1 Å². The summed E-state index contributed by atoms with van der Waals surface area (Å²) in [6.45, 7) is 2.73. The molecular weight excluding hydrogens is 246 g/mol. The molecule has 0 fully saturated rings. The summed E-state index contributed by atoms with van der Waals surface area (Å²) in [5.74, 6) is -0.223. The van der Waals surface area contributed by atoms with E-state index in [-0.39, 0.29) is 18.9 Å². The Morgan fingerprint density at radius 2 is 1.89 bits per heavy atom. The zero-order valence-electron chi connectivity index (χ0n) is 11.0. The number of benzene rings is 1. The van der Waals surface area contributed by atoms with E-state index in [1.165, 1.54) is 0 Å². The van der Waals surface area contributed by atoms with Crippen LogP contribution in [0.2, 0.25) is 0 Å². The van der Waals surface area contributed by atoms with Crippen molar-refractivity contribution in [1.82, 2.24) is 5.32 Å². The normalized spacial score (nSPS) is 9.95. The van der Waals surface area contributed by atoms with E-state index in [9.17, 15) is 9.59 Å². The van der Waals surface area contributed by atoms with Gasteiger partial charge in [0.25, 0.3) is 0 Å². The van der Waals surface area contributed by atoms with Crippen LogP contribution in [0.1, 0.15) is 25.3 Å². The SMILES string of the molecule is CCOc1ccc(CCC(=O)NCCC(=O)O)cc1. The number of carbonyl (C=O) groups is 2. The molecule has 5 nitrogen and oxygen atoms in total. The summed E-state index contributed by atoms with van der Waals surface area (Å²) in [4.78, 5) is 21.7. The fourth-order valence-corrected chi connectivity index (χ4v) is 1.57. The summed E-state index contributed by atoms with van der Waals surface area (Å²) in [5.41, 5.74) is 1.05. The van der Waals surface area contributed by atoms with Crippen LogP contribution in [0.25, 0.3) is 0 Å². The zero-order valence-corrected chi connectivity index (χ0v) is 11.0.